The maximum Gasteiger partial charge on any atom is 0.119 e. The van der Waals surface area contributed by atoms with Gasteiger partial charge in [-0.25, -0.2) is 4.39 Å². The molecule has 2 atom stereocenters. The van der Waals surface area contributed by atoms with E-state index in [9.17, 15) is 4.39 Å². The molecule has 14 heavy (non-hydrogen) atoms. The van der Waals surface area contributed by atoms with Crippen LogP contribution in [0.3, 0.4) is 0 Å². The molecule has 0 amide bonds. The smallest absolute Gasteiger partial charge is 0.119 e. The molecule has 76 valence electrons. The molecule has 1 aromatic carbocycles. The second kappa shape index (κ2) is 3.96. The van der Waals surface area contributed by atoms with Crippen LogP contribution in [0.15, 0.2) is 24.3 Å². The van der Waals surface area contributed by atoms with Gasteiger partial charge in [0.25, 0.3) is 0 Å². The van der Waals surface area contributed by atoms with E-state index in [0.717, 1.165) is 18.5 Å². The van der Waals surface area contributed by atoms with Crippen molar-refractivity contribution in [3.8, 4) is 5.75 Å². The van der Waals surface area contributed by atoms with Crippen LogP contribution < -0.4 is 5.32 Å². The van der Waals surface area contributed by atoms with Crippen molar-refractivity contribution in [1.82, 2.24) is 5.32 Å². The number of phenols is 1. The molecule has 2 rings (SSSR count). The van der Waals surface area contributed by atoms with Gasteiger partial charge in [-0.2, -0.15) is 0 Å². The Labute approximate surface area is 82.8 Å². The third kappa shape index (κ3) is 1.87. The van der Waals surface area contributed by atoms with Crippen LogP contribution in [0.1, 0.15) is 17.9 Å². The number of nitrogens with one attached hydrogen (secondary N) is 1. The van der Waals surface area contributed by atoms with E-state index in [1.54, 1.807) is 24.3 Å². The lowest BCUT2D eigenvalue weighted by atomic mass is 9.89. The highest BCUT2D eigenvalue weighted by Crippen LogP contribution is 2.28. The molecule has 0 bridgehead atoms. The van der Waals surface area contributed by atoms with Gasteiger partial charge in [-0.05, 0) is 30.7 Å². The topological polar surface area (TPSA) is 32.3 Å². The largest absolute Gasteiger partial charge is 0.508 e. The Morgan fingerprint density at radius 3 is 2.64 bits per heavy atom. The molecular formula is C11H14FNO. The second-order valence-electron chi connectivity index (χ2n) is 3.71. The molecule has 0 spiro atoms. The van der Waals surface area contributed by atoms with Gasteiger partial charge in [-0.1, -0.05) is 12.1 Å². The van der Waals surface area contributed by atoms with Gasteiger partial charge in [0.1, 0.15) is 11.9 Å². The van der Waals surface area contributed by atoms with Gasteiger partial charge in [0, 0.05) is 12.5 Å². The summed E-state index contributed by atoms with van der Waals surface area (Å²) in [6.07, 6.45) is 0.0136. The van der Waals surface area contributed by atoms with Gasteiger partial charge in [-0.3, -0.25) is 0 Å². The fourth-order valence-electron chi connectivity index (χ4n) is 1.92. The molecule has 1 saturated heterocycles. The van der Waals surface area contributed by atoms with Crippen molar-refractivity contribution in [2.45, 2.75) is 18.5 Å². The van der Waals surface area contributed by atoms with Gasteiger partial charge in [0.15, 0.2) is 0 Å². The van der Waals surface area contributed by atoms with Crippen LogP contribution in [0.2, 0.25) is 0 Å². The standard InChI is InChI=1S/C11H14FNO/c12-11-7-13-6-5-10(11)8-1-3-9(14)4-2-8/h1-4,10-11,13-14H,5-7H2/t10-,11-/m1/s1. The molecule has 1 aliphatic heterocycles. The summed E-state index contributed by atoms with van der Waals surface area (Å²) in [4.78, 5) is 0. The average molecular weight is 195 g/mol. The lowest BCUT2D eigenvalue weighted by molar-refractivity contribution is 0.231. The fraction of sp³-hybridized carbons (Fsp3) is 0.455. The van der Waals surface area contributed by atoms with Crippen LogP contribution in [0, 0.1) is 0 Å². The summed E-state index contributed by atoms with van der Waals surface area (Å²) in [6.45, 7) is 1.30. The van der Waals surface area contributed by atoms with Gasteiger partial charge < -0.3 is 10.4 Å². The molecule has 2 nitrogen and oxygen atoms in total. The van der Waals surface area contributed by atoms with E-state index in [-0.39, 0.29) is 11.7 Å². The number of aromatic hydroxyl groups is 1. The Hall–Kier alpha value is -1.09. The summed E-state index contributed by atoms with van der Waals surface area (Å²) < 4.78 is 13.5. The molecule has 1 aliphatic rings. The molecule has 1 heterocycles. The van der Waals surface area contributed by atoms with Crippen LogP contribution in [-0.2, 0) is 0 Å². The van der Waals surface area contributed by atoms with Crippen LogP contribution in [-0.4, -0.2) is 24.4 Å². The van der Waals surface area contributed by atoms with E-state index in [2.05, 4.69) is 5.32 Å². The normalized spacial score (nSPS) is 27.5. The fourth-order valence-corrected chi connectivity index (χ4v) is 1.92. The summed E-state index contributed by atoms with van der Waals surface area (Å²) in [5, 5.41) is 12.1. The van der Waals surface area contributed by atoms with Crippen molar-refractivity contribution in [3.05, 3.63) is 29.8 Å². The van der Waals surface area contributed by atoms with Crippen LogP contribution in [0.5, 0.6) is 5.75 Å². The van der Waals surface area contributed by atoms with Crippen molar-refractivity contribution < 1.29 is 9.50 Å². The number of phenolic OH excluding ortho intramolecular Hbond substituents is 1. The van der Waals surface area contributed by atoms with E-state index in [0.29, 0.717) is 6.54 Å². The van der Waals surface area contributed by atoms with Gasteiger partial charge in [0.05, 0.1) is 0 Å². The molecule has 1 aromatic rings. The summed E-state index contributed by atoms with van der Waals surface area (Å²) in [7, 11) is 0. The van der Waals surface area contributed by atoms with E-state index in [1.165, 1.54) is 0 Å². The van der Waals surface area contributed by atoms with Crippen molar-refractivity contribution in [3.63, 3.8) is 0 Å². The number of benzene rings is 1. The molecule has 2 N–H and O–H groups in total. The number of alkyl halides is 1. The first-order valence-electron chi connectivity index (χ1n) is 4.91. The molecule has 0 saturated carbocycles. The monoisotopic (exact) mass is 195 g/mol. The minimum absolute atomic E-state index is 0.0168. The van der Waals surface area contributed by atoms with Crippen LogP contribution in [0.4, 0.5) is 4.39 Å². The molecule has 3 heteroatoms. The van der Waals surface area contributed by atoms with E-state index < -0.39 is 6.17 Å². The van der Waals surface area contributed by atoms with E-state index >= 15 is 0 Å². The van der Waals surface area contributed by atoms with Gasteiger partial charge in [0.2, 0.25) is 0 Å². The van der Waals surface area contributed by atoms with E-state index in [1.807, 2.05) is 0 Å². The zero-order chi connectivity index (χ0) is 9.97. The summed E-state index contributed by atoms with van der Waals surface area (Å²) >= 11 is 0. The molecule has 0 aromatic heterocycles. The zero-order valence-corrected chi connectivity index (χ0v) is 7.91. The Kier molecular flexibility index (Phi) is 2.68. The Morgan fingerprint density at radius 2 is 2.00 bits per heavy atom. The third-order valence-electron chi connectivity index (χ3n) is 2.73. The number of hydrogen-bond acceptors (Lipinski definition) is 2. The number of halogens is 1. The van der Waals surface area contributed by atoms with Crippen molar-refractivity contribution in [2.75, 3.05) is 13.1 Å². The molecule has 0 unspecified atom stereocenters. The maximum absolute atomic E-state index is 13.5. The maximum atomic E-state index is 13.5. The van der Waals surface area contributed by atoms with Crippen LogP contribution in [0.25, 0.3) is 0 Å². The van der Waals surface area contributed by atoms with Gasteiger partial charge >= 0.3 is 0 Å². The lowest BCUT2D eigenvalue weighted by Gasteiger charge is -2.26. The highest BCUT2D eigenvalue weighted by Gasteiger charge is 2.25. The molecule has 0 aliphatic carbocycles. The predicted molar refractivity (Wildman–Crippen MR) is 53.2 cm³/mol. The van der Waals surface area contributed by atoms with Gasteiger partial charge in [-0.15, -0.1) is 0 Å². The number of rotatable bonds is 1. The first-order chi connectivity index (χ1) is 6.77. The Balaban J connectivity index is 2.16. The molecule has 1 fully saturated rings. The summed E-state index contributed by atoms with van der Waals surface area (Å²) in [6, 6.07) is 6.84. The summed E-state index contributed by atoms with van der Waals surface area (Å²) in [5.74, 6) is 0.218. The van der Waals surface area contributed by atoms with Crippen LogP contribution >= 0.6 is 0 Å². The lowest BCUT2D eigenvalue weighted by Crippen LogP contribution is -2.36. The highest BCUT2D eigenvalue weighted by atomic mass is 19.1. The zero-order valence-electron chi connectivity index (χ0n) is 7.91. The SMILES string of the molecule is Oc1ccc([C@H]2CCNC[C@H]2F)cc1. The number of hydrogen-bond donors (Lipinski definition) is 2. The summed E-state index contributed by atoms with van der Waals surface area (Å²) in [5.41, 5.74) is 0.983. The molecule has 0 radical (unpaired) electrons. The Bertz CT molecular complexity index is 299. The van der Waals surface area contributed by atoms with Crippen molar-refractivity contribution in [2.24, 2.45) is 0 Å². The first kappa shape index (κ1) is 9.46. The van der Waals surface area contributed by atoms with E-state index in [4.69, 9.17) is 5.11 Å². The molecular weight excluding hydrogens is 181 g/mol. The predicted octanol–water partition coefficient (Wildman–Crippen LogP) is 1.81. The second-order valence-corrected chi connectivity index (χ2v) is 3.71. The third-order valence-corrected chi connectivity index (χ3v) is 2.73. The minimum atomic E-state index is -0.812. The highest BCUT2D eigenvalue weighted by molar-refractivity contribution is 5.29. The van der Waals surface area contributed by atoms with Crippen molar-refractivity contribution >= 4 is 0 Å². The Morgan fingerprint density at radius 1 is 1.29 bits per heavy atom. The minimum Gasteiger partial charge on any atom is -0.508 e. The number of piperidine rings is 1. The first-order valence-corrected chi connectivity index (χ1v) is 4.91. The van der Waals surface area contributed by atoms with Crippen molar-refractivity contribution in [1.29, 1.82) is 0 Å². The quantitative estimate of drug-likeness (QED) is 0.716. The average Bonchev–Trinajstić information content (AvgIpc) is 2.20.